The lowest BCUT2D eigenvalue weighted by Crippen LogP contribution is -2.42. The molecule has 146 valence electrons. The third-order valence-corrected chi connectivity index (χ3v) is 5.78. The zero-order valence-corrected chi connectivity index (χ0v) is 16.5. The second-order valence-corrected chi connectivity index (χ2v) is 8.37. The zero-order valence-electron chi connectivity index (χ0n) is 16.5. The maximum absolute atomic E-state index is 12.7. The summed E-state index contributed by atoms with van der Waals surface area (Å²) in [7, 11) is 0. The number of aromatic nitrogens is 4. The Kier molecular flexibility index (Phi) is 5.27. The number of amides is 1. The lowest BCUT2D eigenvalue weighted by molar-refractivity contribution is -0.133. The van der Waals surface area contributed by atoms with Crippen LogP contribution in [-0.4, -0.2) is 56.8 Å². The van der Waals surface area contributed by atoms with E-state index in [0.29, 0.717) is 24.7 Å². The summed E-state index contributed by atoms with van der Waals surface area (Å²) in [5, 5.41) is 13.3. The minimum Gasteiger partial charge on any atom is -0.355 e. The van der Waals surface area contributed by atoms with Crippen molar-refractivity contribution >= 4 is 17.4 Å². The SMILES string of the molecule is C[C@H]1C[C@H](C)CN(C(=O)CCc2nnc3ccc(N4CCCCC4)nn23)C1. The molecule has 2 atom stereocenters. The van der Waals surface area contributed by atoms with Gasteiger partial charge in [0.05, 0.1) is 0 Å². The Bertz CT molecular complexity index is 787. The van der Waals surface area contributed by atoms with Crippen LogP contribution in [0.4, 0.5) is 5.82 Å². The first kappa shape index (κ1) is 18.2. The molecule has 0 saturated carbocycles. The molecule has 2 aliphatic rings. The molecule has 7 heteroatoms. The standard InChI is InChI=1S/C20H30N6O/c1-15-12-16(2)14-25(13-15)20(27)9-8-18-22-21-17-6-7-19(23-26(17)18)24-10-4-3-5-11-24/h6-7,15-16H,3-5,8-14H2,1-2H3/t15-,16-/m0/s1. The summed E-state index contributed by atoms with van der Waals surface area (Å²) in [6.07, 6.45) is 5.99. The number of carbonyl (C=O) groups is 1. The predicted octanol–water partition coefficient (Wildman–Crippen LogP) is 2.55. The van der Waals surface area contributed by atoms with Crippen molar-refractivity contribution in [1.82, 2.24) is 24.7 Å². The highest BCUT2D eigenvalue weighted by atomic mass is 16.2. The fraction of sp³-hybridized carbons (Fsp3) is 0.700. The highest BCUT2D eigenvalue weighted by Gasteiger charge is 2.25. The number of piperidine rings is 2. The van der Waals surface area contributed by atoms with E-state index in [4.69, 9.17) is 5.10 Å². The van der Waals surface area contributed by atoms with Gasteiger partial charge in [-0.3, -0.25) is 4.79 Å². The number of nitrogens with zero attached hydrogens (tertiary/aromatic N) is 6. The molecule has 0 radical (unpaired) electrons. The van der Waals surface area contributed by atoms with E-state index in [9.17, 15) is 4.79 Å². The summed E-state index contributed by atoms with van der Waals surface area (Å²) in [5.41, 5.74) is 0.749. The molecular formula is C20H30N6O. The molecule has 7 nitrogen and oxygen atoms in total. The molecule has 0 aliphatic carbocycles. The summed E-state index contributed by atoms with van der Waals surface area (Å²) in [6.45, 7) is 8.32. The Morgan fingerprint density at radius 1 is 1.07 bits per heavy atom. The summed E-state index contributed by atoms with van der Waals surface area (Å²) in [4.78, 5) is 17.0. The van der Waals surface area contributed by atoms with Crippen molar-refractivity contribution in [2.24, 2.45) is 11.8 Å². The molecule has 4 rings (SSSR count). The van der Waals surface area contributed by atoms with Crippen LogP contribution >= 0.6 is 0 Å². The monoisotopic (exact) mass is 370 g/mol. The van der Waals surface area contributed by atoms with Crippen molar-refractivity contribution in [3.05, 3.63) is 18.0 Å². The molecule has 0 spiro atoms. The fourth-order valence-corrected chi connectivity index (χ4v) is 4.51. The van der Waals surface area contributed by atoms with Crippen molar-refractivity contribution in [1.29, 1.82) is 0 Å². The molecule has 27 heavy (non-hydrogen) atoms. The Labute approximate surface area is 160 Å². The number of fused-ring (bicyclic) bond motifs is 1. The average molecular weight is 371 g/mol. The van der Waals surface area contributed by atoms with Crippen LogP contribution < -0.4 is 4.90 Å². The first-order chi connectivity index (χ1) is 13.1. The molecule has 2 aliphatic heterocycles. The van der Waals surface area contributed by atoms with Crippen molar-refractivity contribution in [3.63, 3.8) is 0 Å². The van der Waals surface area contributed by atoms with Crippen molar-refractivity contribution in [2.45, 2.75) is 52.4 Å². The van der Waals surface area contributed by atoms with Gasteiger partial charge in [-0.15, -0.1) is 15.3 Å². The van der Waals surface area contributed by atoms with E-state index < -0.39 is 0 Å². The van der Waals surface area contributed by atoms with Gasteiger partial charge in [0.1, 0.15) is 5.82 Å². The molecule has 0 N–H and O–H groups in total. The van der Waals surface area contributed by atoms with E-state index in [1.807, 2.05) is 21.5 Å². The van der Waals surface area contributed by atoms with Gasteiger partial charge in [0.15, 0.2) is 11.5 Å². The molecule has 2 aromatic rings. The molecule has 2 saturated heterocycles. The average Bonchev–Trinajstić information content (AvgIpc) is 3.08. The van der Waals surface area contributed by atoms with E-state index in [1.165, 1.54) is 25.7 Å². The maximum Gasteiger partial charge on any atom is 0.223 e. The van der Waals surface area contributed by atoms with Crippen molar-refractivity contribution in [3.8, 4) is 0 Å². The second-order valence-electron chi connectivity index (χ2n) is 8.37. The second kappa shape index (κ2) is 7.82. The molecule has 1 amide bonds. The molecule has 0 aromatic carbocycles. The van der Waals surface area contributed by atoms with Crippen LogP contribution in [0, 0.1) is 11.8 Å². The van der Waals surface area contributed by atoms with Crippen LogP contribution in [0.2, 0.25) is 0 Å². The molecule has 2 aromatic heterocycles. The van der Waals surface area contributed by atoms with E-state index in [2.05, 4.69) is 28.9 Å². The summed E-state index contributed by atoms with van der Waals surface area (Å²) >= 11 is 0. The Hall–Kier alpha value is -2.18. The first-order valence-electron chi connectivity index (χ1n) is 10.3. The maximum atomic E-state index is 12.7. The highest BCUT2D eigenvalue weighted by Crippen LogP contribution is 2.22. The van der Waals surface area contributed by atoms with Crippen LogP contribution in [0.25, 0.3) is 5.65 Å². The van der Waals surface area contributed by atoms with Gasteiger partial charge in [0.2, 0.25) is 5.91 Å². The lowest BCUT2D eigenvalue weighted by Gasteiger charge is -2.35. The quantitative estimate of drug-likeness (QED) is 0.827. The number of likely N-dealkylation sites (tertiary alicyclic amines) is 1. The Morgan fingerprint density at radius 3 is 2.56 bits per heavy atom. The van der Waals surface area contributed by atoms with Gasteiger partial charge >= 0.3 is 0 Å². The molecule has 0 unspecified atom stereocenters. The van der Waals surface area contributed by atoms with Gasteiger partial charge in [-0.1, -0.05) is 13.8 Å². The van der Waals surface area contributed by atoms with Gasteiger partial charge in [0, 0.05) is 39.0 Å². The van der Waals surface area contributed by atoms with E-state index in [1.54, 1.807) is 0 Å². The third kappa shape index (κ3) is 4.06. The number of hydrogen-bond donors (Lipinski definition) is 0. The van der Waals surface area contributed by atoms with Gasteiger partial charge in [0.25, 0.3) is 0 Å². The van der Waals surface area contributed by atoms with Crippen LogP contribution in [0.5, 0.6) is 0 Å². The number of aryl methyl sites for hydroxylation is 1. The smallest absolute Gasteiger partial charge is 0.223 e. The Morgan fingerprint density at radius 2 is 1.81 bits per heavy atom. The van der Waals surface area contributed by atoms with Crippen LogP contribution in [0.15, 0.2) is 12.1 Å². The van der Waals surface area contributed by atoms with Crippen LogP contribution in [-0.2, 0) is 11.2 Å². The zero-order chi connectivity index (χ0) is 18.8. The van der Waals surface area contributed by atoms with E-state index in [0.717, 1.165) is 43.5 Å². The number of hydrogen-bond acceptors (Lipinski definition) is 5. The summed E-state index contributed by atoms with van der Waals surface area (Å²) in [5.74, 6) is 3.14. The largest absolute Gasteiger partial charge is 0.355 e. The number of anilines is 1. The topological polar surface area (TPSA) is 66.6 Å². The van der Waals surface area contributed by atoms with Crippen LogP contribution in [0.3, 0.4) is 0 Å². The normalized spacial score (nSPS) is 23.8. The highest BCUT2D eigenvalue weighted by molar-refractivity contribution is 5.76. The first-order valence-corrected chi connectivity index (χ1v) is 10.3. The number of rotatable bonds is 4. The van der Waals surface area contributed by atoms with Gasteiger partial charge < -0.3 is 9.80 Å². The number of carbonyl (C=O) groups excluding carboxylic acids is 1. The van der Waals surface area contributed by atoms with E-state index in [-0.39, 0.29) is 5.91 Å². The van der Waals surface area contributed by atoms with Crippen molar-refractivity contribution in [2.75, 3.05) is 31.1 Å². The predicted molar refractivity (Wildman–Crippen MR) is 105 cm³/mol. The van der Waals surface area contributed by atoms with E-state index >= 15 is 0 Å². The minimum absolute atomic E-state index is 0.220. The van der Waals surface area contributed by atoms with Gasteiger partial charge in [-0.05, 0) is 49.7 Å². The van der Waals surface area contributed by atoms with Crippen molar-refractivity contribution < 1.29 is 4.79 Å². The van der Waals surface area contributed by atoms with Gasteiger partial charge in [-0.2, -0.15) is 4.52 Å². The molecule has 2 fully saturated rings. The molecule has 4 heterocycles. The lowest BCUT2D eigenvalue weighted by atomic mass is 9.91. The van der Waals surface area contributed by atoms with Crippen LogP contribution in [0.1, 0.15) is 51.8 Å². The Balaban J connectivity index is 1.44. The van der Waals surface area contributed by atoms with Gasteiger partial charge in [-0.25, -0.2) is 0 Å². The fourth-order valence-electron chi connectivity index (χ4n) is 4.51. The minimum atomic E-state index is 0.220. The molecule has 0 bridgehead atoms. The third-order valence-electron chi connectivity index (χ3n) is 5.78. The summed E-state index contributed by atoms with van der Waals surface area (Å²) in [6, 6.07) is 4.00. The molecular weight excluding hydrogens is 340 g/mol. The summed E-state index contributed by atoms with van der Waals surface area (Å²) < 4.78 is 1.82.